The van der Waals surface area contributed by atoms with Gasteiger partial charge in [0, 0.05) is 29.9 Å². The molecule has 174 valence electrons. The Bertz CT molecular complexity index is 1240. The van der Waals surface area contributed by atoms with Crippen LogP contribution in [0, 0.1) is 10.1 Å². The Morgan fingerprint density at radius 1 is 1.18 bits per heavy atom. The van der Waals surface area contributed by atoms with Gasteiger partial charge in [0.1, 0.15) is 5.76 Å². The van der Waals surface area contributed by atoms with Crippen LogP contribution >= 0.6 is 0 Å². The minimum atomic E-state index is -3.72. The van der Waals surface area contributed by atoms with Gasteiger partial charge < -0.3 is 15.7 Å². The number of rotatable bonds is 9. The van der Waals surface area contributed by atoms with Crippen molar-refractivity contribution in [3.8, 4) is 0 Å². The molecule has 0 aliphatic carbocycles. The third-order valence-corrected chi connectivity index (χ3v) is 4.69. The molecule has 2 aromatic rings. The van der Waals surface area contributed by atoms with E-state index in [9.17, 15) is 33.2 Å². The number of nitrogens with two attached hydrogens (primary N) is 1. The van der Waals surface area contributed by atoms with Crippen LogP contribution in [0.1, 0.15) is 17.3 Å². The normalized spacial score (nSPS) is 12.2. The first kappa shape index (κ1) is 25.1. The van der Waals surface area contributed by atoms with Crippen molar-refractivity contribution < 1.29 is 28.0 Å². The lowest BCUT2D eigenvalue weighted by molar-refractivity contribution is -0.384. The third-order valence-electron chi connectivity index (χ3n) is 3.92. The highest BCUT2D eigenvalue weighted by Gasteiger charge is 2.15. The van der Waals surface area contributed by atoms with E-state index >= 15 is 0 Å². The summed E-state index contributed by atoms with van der Waals surface area (Å²) in [6.45, 7) is 1.02. The highest BCUT2D eigenvalue weighted by molar-refractivity contribution is 7.89. The number of anilines is 1. The van der Waals surface area contributed by atoms with E-state index in [2.05, 4.69) is 20.9 Å². The number of azo groups is 1. The SMILES string of the molecule is CC(O)=C(N=Nc1cccc(C(=O)NCCS(N)(=O)=O)c1)C(=O)Nc1cccc([N+](=O)[O-])c1. The van der Waals surface area contributed by atoms with Crippen molar-refractivity contribution in [3.05, 3.63) is 75.7 Å². The molecule has 2 aromatic carbocycles. The molecule has 0 heterocycles. The average Bonchev–Trinajstić information content (AvgIpc) is 2.73. The highest BCUT2D eigenvalue weighted by Crippen LogP contribution is 2.20. The van der Waals surface area contributed by atoms with Gasteiger partial charge in [-0.2, -0.15) is 5.11 Å². The lowest BCUT2D eigenvalue weighted by atomic mass is 10.2. The second-order valence-corrected chi connectivity index (χ2v) is 8.30. The minimum absolute atomic E-state index is 0.112. The number of sulfonamides is 1. The summed E-state index contributed by atoms with van der Waals surface area (Å²) in [5.74, 6) is -2.33. The van der Waals surface area contributed by atoms with Gasteiger partial charge in [0.05, 0.1) is 16.4 Å². The predicted molar refractivity (Wildman–Crippen MR) is 118 cm³/mol. The maximum atomic E-state index is 12.5. The lowest BCUT2D eigenvalue weighted by Gasteiger charge is -2.06. The van der Waals surface area contributed by atoms with Gasteiger partial charge in [-0.1, -0.05) is 12.1 Å². The van der Waals surface area contributed by atoms with E-state index in [4.69, 9.17) is 5.14 Å². The Hall–Kier alpha value is -4.17. The first-order valence-corrected chi connectivity index (χ1v) is 10.9. The smallest absolute Gasteiger partial charge is 0.279 e. The molecule has 33 heavy (non-hydrogen) atoms. The molecule has 2 amide bonds. The fourth-order valence-electron chi connectivity index (χ4n) is 2.40. The van der Waals surface area contributed by atoms with Crippen LogP contribution in [0.15, 0.2) is 70.2 Å². The van der Waals surface area contributed by atoms with Crippen molar-refractivity contribution in [3.63, 3.8) is 0 Å². The number of carbonyl (C=O) groups excluding carboxylic acids is 2. The van der Waals surface area contributed by atoms with E-state index in [0.29, 0.717) is 0 Å². The topological polar surface area (TPSA) is 206 Å². The number of amides is 2. The van der Waals surface area contributed by atoms with Crippen molar-refractivity contribution in [2.75, 3.05) is 17.6 Å². The molecule has 0 aliphatic heterocycles. The summed E-state index contributed by atoms with van der Waals surface area (Å²) >= 11 is 0. The summed E-state index contributed by atoms with van der Waals surface area (Å²) in [4.78, 5) is 34.8. The number of benzene rings is 2. The molecule has 0 atom stereocenters. The van der Waals surface area contributed by atoms with Crippen molar-refractivity contribution >= 4 is 38.9 Å². The van der Waals surface area contributed by atoms with Gasteiger partial charge in [0.25, 0.3) is 17.5 Å². The van der Waals surface area contributed by atoms with Crippen molar-refractivity contribution in [1.82, 2.24) is 5.32 Å². The lowest BCUT2D eigenvalue weighted by Crippen LogP contribution is -2.31. The van der Waals surface area contributed by atoms with Gasteiger partial charge in [-0.25, -0.2) is 13.6 Å². The Morgan fingerprint density at radius 2 is 1.88 bits per heavy atom. The Morgan fingerprint density at radius 3 is 2.52 bits per heavy atom. The van der Waals surface area contributed by atoms with Gasteiger partial charge in [-0.3, -0.25) is 19.7 Å². The molecule has 0 spiro atoms. The summed E-state index contributed by atoms with van der Waals surface area (Å²) in [7, 11) is -3.72. The number of hydrogen-bond acceptors (Lipinski definition) is 9. The zero-order chi connectivity index (χ0) is 24.6. The molecule has 0 aromatic heterocycles. The number of non-ortho nitro benzene ring substituents is 1. The first-order chi connectivity index (χ1) is 15.5. The van der Waals surface area contributed by atoms with Crippen molar-refractivity contribution in [2.45, 2.75) is 6.92 Å². The summed E-state index contributed by atoms with van der Waals surface area (Å²) in [6.07, 6.45) is 0. The summed E-state index contributed by atoms with van der Waals surface area (Å²) in [5, 5.41) is 37.9. The second kappa shape index (κ2) is 10.9. The van der Waals surface area contributed by atoms with Crippen LogP contribution in [0.5, 0.6) is 0 Å². The van der Waals surface area contributed by atoms with Crippen molar-refractivity contribution in [1.29, 1.82) is 0 Å². The molecule has 0 fully saturated rings. The minimum Gasteiger partial charge on any atom is -0.510 e. The van der Waals surface area contributed by atoms with Crippen LogP contribution in [-0.2, 0) is 14.8 Å². The zero-order valence-corrected chi connectivity index (χ0v) is 18.1. The number of allylic oxidation sites excluding steroid dienone is 1. The molecule has 0 saturated carbocycles. The van der Waals surface area contributed by atoms with Crippen LogP contribution in [0.25, 0.3) is 0 Å². The van der Waals surface area contributed by atoms with Gasteiger partial charge >= 0.3 is 0 Å². The molecule has 14 heteroatoms. The number of nitro groups is 1. The van der Waals surface area contributed by atoms with E-state index in [1.165, 1.54) is 49.4 Å². The van der Waals surface area contributed by atoms with Crippen LogP contribution < -0.4 is 15.8 Å². The van der Waals surface area contributed by atoms with Crippen LogP contribution in [-0.4, -0.2) is 42.6 Å². The Balaban J connectivity index is 2.13. The Kier molecular flexibility index (Phi) is 8.30. The fourth-order valence-corrected chi connectivity index (χ4v) is 2.78. The second-order valence-electron chi connectivity index (χ2n) is 6.57. The van der Waals surface area contributed by atoms with E-state index in [-0.39, 0.29) is 29.2 Å². The number of aliphatic hydroxyl groups is 1. The number of nitro benzene ring substituents is 1. The largest absolute Gasteiger partial charge is 0.510 e. The molecule has 0 radical (unpaired) electrons. The fraction of sp³-hybridized carbons (Fsp3) is 0.158. The number of nitrogens with one attached hydrogen (secondary N) is 2. The molecule has 13 nitrogen and oxygen atoms in total. The monoisotopic (exact) mass is 476 g/mol. The highest BCUT2D eigenvalue weighted by atomic mass is 32.2. The van der Waals surface area contributed by atoms with Crippen LogP contribution in [0.4, 0.5) is 17.1 Å². The maximum Gasteiger partial charge on any atom is 0.279 e. The summed E-state index contributed by atoms with van der Waals surface area (Å²) in [5.41, 5.74) is -0.269. The number of hydrogen-bond donors (Lipinski definition) is 4. The van der Waals surface area contributed by atoms with Crippen LogP contribution in [0.2, 0.25) is 0 Å². The molecular weight excluding hydrogens is 456 g/mol. The first-order valence-electron chi connectivity index (χ1n) is 9.22. The number of primary sulfonamides is 1. The van der Waals surface area contributed by atoms with Gasteiger partial charge in [0.2, 0.25) is 10.0 Å². The average molecular weight is 476 g/mol. The van der Waals surface area contributed by atoms with Gasteiger partial charge in [-0.15, -0.1) is 5.11 Å². The molecule has 0 saturated heterocycles. The standard InChI is InChI=1S/C19H20N6O7S/c1-12(26)17(19(28)22-14-5-3-7-16(11-14)25(29)30)24-23-15-6-2-4-13(10-15)18(27)21-8-9-33(20,31)32/h2-7,10-11,26H,8-9H2,1H3,(H,21,27)(H,22,28)(H2,20,31,32). The van der Waals surface area contributed by atoms with E-state index in [0.717, 1.165) is 6.07 Å². The zero-order valence-electron chi connectivity index (χ0n) is 17.3. The quantitative estimate of drug-likeness (QED) is 0.139. The number of aliphatic hydroxyl groups excluding tert-OH is 1. The number of carbonyl (C=O) groups is 2. The van der Waals surface area contributed by atoms with E-state index in [1.807, 2.05) is 0 Å². The molecule has 0 unspecified atom stereocenters. The van der Waals surface area contributed by atoms with E-state index in [1.54, 1.807) is 0 Å². The predicted octanol–water partition coefficient (Wildman–Crippen LogP) is 2.12. The molecule has 5 N–H and O–H groups in total. The third kappa shape index (κ3) is 8.12. The summed E-state index contributed by atoms with van der Waals surface area (Å²) in [6, 6.07) is 10.9. The van der Waals surface area contributed by atoms with Crippen molar-refractivity contribution in [2.24, 2.45) is 15.4 Å². The number of nitrogens with zero attached hydrogens (tertiary/aromatic N) is 3. The van der Waals surface area contributed by atoms with Gasteiger partial charge in [0.15, 0.2) is 5.70 Å². The molecule has 0 bridgehead atoms. The van der Waals surface area contributed by atoms with Gasteiger partial charge in [-0.05, 0) is 31.2 Å². The molecule has 0 aliphatic rings. The Labute approximate surface area is 188 Å². The van der Waals surface area contributed by atoms with E-state index < -0.39 is 44.0 Å². The molecular formula is C19H20N6O7S. The maximum absolute atomic E-state index is 12.5. The molecule has 2 rings (SSSR count). The summed E-state index contributed by atoms with van der Waals surface area (Å²) < 4.78 is 21.9. The van der Waals surface area contributed by atoms with Crippen LogP contribution in [0.3, 0.4) is 0 Å².